The molecule has 1 aliphatic carbocycles. The van der Waals surface area contributed by atoms with Crippen LogP contribution < -0.4 is 5.73 Å². The Hall–Kier alpha value is -1.37. The molecule has 86 valence electrons. The van der Waals surface area contributed by atoms with Crippen LogP contribution in [0.15, 0.2) is 4.99 Å². The minimum Gasteiger partial charge on any atom is -0.387 e. The number of nitriles is 1. The van der Waals surface area contributed by atoms with E-state index >= 15 is 0 Å². The number of nitrogens with zero attached hydrogens (tertiary/aromatic N) is 2. The van der Waals surface area contributed by atoms with Gasteiger partial charge < -0.3 is 5.73 Å². The molecule has 1 spiro atoms. The molecule has 1 amide bonds. The summed E-state index contributed by atoms with van der Waals surface area (Å²) in [5, 5.41) is 9.20. The summed E-state index contributed by atoms with van der Waals surface area (Å²) in [4.78, 5) is 15.6. The Bertz CT molecular complexity index is 374. The molecule has 4 nitrogen and oxygen atoms in total. The molecule has 1 heterocycles. The van der Waals surface area contributed by atoms with Crippen molar-refractivity contribution in [1.82, 2.24) is 0 Å². The average Bonchev–Trinajstić information content (AvgIpc) is 2.28. The summed E-state index contributed by atoms with van der Waals surface area (Å²) in [5.74, 6) is -0.455. The zero-order valence-electron chi connectivity index (χ0n) is 9.57. The first kappa shape index (κ1) is 11.1. The number of amides is 1. The summed E-state index contributed by atoms with van der Waals surface area (Å²) in [7, 11) is 0. The van der Waals surface area contributed by atoms with Gasteiger partial charge in [0.05, 0.1) is 6.07 Å². The number of hydrogen-bond acceptors (Lipinski definition) is 3. The van der Waals surface area contributed by atoms with Crippen molar-refractivity contribution in [2.75, 3.05) is 0 Å². The monoisotopic (exact) mass is 219 g/mol. The first-order valence-electron chi connectivity index (χ1n) is 5.89. The van der Waals surface area contributed by atoms with Gasteiger partial charge in [0, 0.05) is 11.3 Å². The summed E-state index contributed by atoms with van der Waals surface area (Å²) in [5.41, 5.74) is 5.57. The number of hydrogen-bond donors (Lipinski definition) is 1. The van der Waals surface area contributed by atoms with Crippen molar-refractivity contribution < 1.29 is 4.79 Å². The zero-order chi connectivity index (χ0) is 11.8. The fourth-order valence-electron chi connectivity index (χ4n) is 3.19. The molecular weight excluding hydrogens is 202 g/mol. The molecule has 0 aromatic rings. The van der Waals surface area contributed by atoms with Crippen LogP contribution >= 0.6 is 0 Å². The highest BCUT2D eigenvalue weighted by Gasteiger charge is 2.51. The topological polar surface area (TPSA) is 79.2 Å². The maximum Gasteiger partial charge on any atom is 0.265 e. The van der Waals surface area contributed by atoms with Crippen LogP contribution in [0.5, 0.6) is 0 Å². The lowest BCUT2D eigenvalue weighted by molar-refractivity contribution is -0.126. The Morgan fingerprint density at radius 2 is 2.06 bits per heavy atom. The summed E-state index contributed by atoms with van der Waals surface area (Å²) >= 11 is 0. The van der Waals surface area contributed by atoms with E-state index in [1.807, 2.05) is 6.92 Å². The van der Waals surface area contributed by atoms with Gasteiger partial charge in [0.25, 0.3) is 5.91 Å². The first-order valence-corrected chi connectivity index (χ1v) is 5.89. The van der Waals surface area contributed by atoms with E-state index in [4.69, 9.17) is 5.73 Å². The lowest BCUT2D eigenvalue weighted by atomic mass is 9.58. The predicted octanol–water partition coefficient (Wildman–Crippen LogP) is 1.61. The number of nitrogens with two attached hydrogens (primary N) is 1. The highest BCUT2D eigenvalue weighted by molar-refractivity contribution is 6.00. The number of aliphatic imine (C=N–C) groups is 1. The predicted molar refractivity (Wildman–Crippen MR) is 60.4 cm³/mol. The molecule has 0 bridgehead atoms. The number of carbonyl (C=O) groups is 1. The maximum absolute atomic E-state index is 11.8. The molecule has 4 heteroatoms. The molecule has 2 atom stereocenters. The largest absolute Gasteiger partial charge is 0.387 e. The third-order valence-corrected chi connectivity index (χ3v) is 4.28. The van der Waals surface area contributed by atoms with Gasteiger partial charge in [-0.25, -0.2) is 0 Å². The molecule has 1 fully saturated rings. The van der Waals surface area contributed by atoms with E-state index in [9.17, 15) is 10.1 Å². The standard InChI is InChI=1S/C12H17N3O/c1-8-10(14)15-11(16)9(7-13)12(8)5-3-2-4-6-12/h8-9H,2-6H2,1H3,(H2,14,15,16). The van der Waals surface area contributed by atoms with E-state index < -0.39 is 5.92 Å². The molecule has 0 radical (unpaired) electrons. The molecule has 16 heavy (non-hydrogen) atoms. The van der Waals surface area contributed by atoms with Crippen LogP contribution in [0, 0.1) is 28.6 Å². The Kier molecular flexibility index (Phi) is 2.71. The average molecular weight is 219 g/mol. The van der Waals surface area contributed by atoms with Gasteiger partial charge in [-0.05, 0) is 12.8 Å². The molecule has 0 aromatic carbocycles. The highest BCUT2D eigenvalue weighted by atomic mass is 16.1. The van der Waals surface area contributed by atoms with Gasteiger partial charge in [-0.3, -0.25) is 4.79 Å². The van der Waals surface area contributed by atoms with E-state index in [2.05, 4.69) is 11.1 Å². The van der Waals surface area contributed by atoms with Gasteiger partial charge in [-0.1, -0.05) is 26.2 Å². The number of amidine groups is 1. The summed E-state index contributed by atoms with van der Waals surface area (Å²) < 4.78 is 0. The van der Waals surface area contributed by atoms with E-state index in [1.54, 1.807) is 0 Å². The van der Waals surface area contributed by atoms with Crippen molar-refractivity contribution in [3.05, 3.63) is 0 Å². The molecule has 1 saturated carbocycles. The summed E-state index contributed by atoms with van der Waals surface area (Å²) in [6.45, 7) is 2.00. The molecule has 1 aliphatic heterocycles. The minimum atomic E-state index is -0.588. The van der Waals surface area contributed by atoms with Crippen molar-refractivity contribution in [1.29, 1.82) is 5.26 Å². The zero-order valence-corrected chi connectivity index (χ0v) is 9.57. The SMILES string of the molecule is CC1C(N)=NC(=O)C(C#N)C12CCCCC2. The van der Waals surface area contributed by atoms with E-state index in [0.29, 0.717) is 5.84 Å². The Labute approximate surface area is 95.5 Å². The van der Waals surface area contributed by atoms with Crippen LogP contribution in [-0.2, 0) is 4.79 Å². The van der Waals surface area contributed by atoms with Crippen LogP contribution in [0.4, 0.5) is 0 Å². The van der Waals surface area contributed by atoms with Crippen LogP contribution in [0.2, 0.25) is 0 Å². The molecule has 0 aromatic heterocycles. The quantitative estimate of drug-likeness (QED) is 0.672. The second-order valence-electron chi connectivity index (χ2n) is 4.95. The molecule has 0 saturated heterocycles. The van der Waals surface area contributed by atoms with Crippen molar-refractivity contribution in [2.45, 2.75) is 39.0 Å². The van der Waals surface area contributed by atoms with E-state index in [0.717, 1.165) is 25.7 Å². The molecule has 2 N–H and O–H groups in total. The van der Waals surface area contributed by atoms with Gasteiger partial charge in [-0.15, -0.1) is 0 Å². The van der Waals surface area contributed by atoms with Crippen molar-refractivity contribution >= 4 is 11.7 Å². The molecule has 2 aliphatic rings. The van der Waals surface area contributed by atoms with Gasteiger partial charge in [-0.2, -0.15) is 10.3 Å². The van der Waals surface area contributed by atoms with Crippen LogP contribution in [0.25, 0.3) is 0 Å². The Balaban J connectivity index is 2.43. The smallest absolute Gasteiger partial charge is 0.265 e. The normalized spacial score (nSPS) is 33.2. The third-order valence-electron chi connectivity index (χ3n) is 4.28. The van der Waals surface area contributed by atoms with Crippen LogP contribution in [0.3, 0.4) is 0 Å². The van der Waals surface area contributed by atoms with E-state index in [1.165, 1.54) is 6.42 Å². The van der Waals surface area contributed by atoms with Crippen molar-refractivity contribution in [3.63, 3.8) is 0 Å². The maximum atomic E-state index is 11.8. The third kappa shape index (κ3) is 1.42. The first-order chi connectivity index (χ1) is 7.62. The fraction of sp³-hybridized carbons (Fsp3) is 0.750. The Morgan fingerprint density at radius 1 is 1.44 bits per heavy atom. The summed E-state index contributed by atoms with van der Waals surface area (Å²) in [6, 6.07) is 2.15. The second-order valence-corrected chi connectivity index (χ2v) is 4.95. The Morgan fingerprint density at radius 3 is 2.62 bits per heavy atom. The van der Waals surface area contributed by atoms with E-state index in [-0.39, 0.29) is 17.2 Å². The highest BCUT2D eigenvalue weighted by Crippen LogP contribution is 2.50. The van der Waals surface area contributed by atoms with Crippen LogP contribution in [0.1, 0.15) is 39.0 Å². The van der Waals surface area contributed by atoms with Gasteiger partial charge in [0.15, 0.2) is 0 Å². The molecular formula is C12H17N3O. The second kappa shape index (κ2) is 3.89. The van der Waals surface area contributed by atoms with Crippen molar-refractivity contribution in [3.8, 4) is 6.07 Å². The number of rotatable bonds is 0. The van der Waals surface area contributed by atoms with Crippen LogP contribution in [-0.4, -0.2) is 11.7 Å². The number of carbonyl (C=O) groups excluding carboxylic acids is 1. The minimum absolute atomic E-state index is 0.0511. The lowest BCUT2D eigenvalue weighted by Crippen LogP contribution is -2.50. The molecule has 2 unspecified atom stereocenters. The molecule has 2 rings (SSSR count). The fourth-order valence-corrected chi connectivity index (χ4v) is 3.19. The summed E-state index contributed by atoms with van der Waals surface area (Å²) in [6.07, 6.45) is 5.22. The van der Waals surface area contributed by atoms with Gasteiger partial charge in [0.2, 0.25) is 0 Å². The van der Waals surface area contributed by atoms with Crippen molar-refractivity contribution in [2.24, 2.45) is 28.0 Å². The lowest BCUT2D eigenvalue weighted by Gasteiger charge is -2.45. The van der Waals surface area contributed by atoms with Gasteiger partial charge >= 0.3 is 0 Å². The van der Waals surface area contributed by atoms with Gasteiger partial charge in [0.1, 0.15) is 11.8 Å².